The molecule has 2 aromatic rings. The number of ether oxygens (including phenoxy) is 1. The molecule has 4 heteroatoms. The van der Waals surface area contributed by atoms with Crippen molar-refractivity contribution in [2.24, 2.45) is 11.7 Å². The van der Waals surface area contributed by atoms with Crippen LogP contribution in [0.3, 0.4) is 0 Å². The second kappa shape index (κ2) is 7.83. The first-order valence-electron chi connectivity index (χ1n) is 6.89. The van der Waals surface area contributed by atoms with Gasteiger partial charge in [-0.05, 0) is 60.7 Å². The maximum Gasteiger partial charge on any atom is 0.118 e. The fourth-order valence-corrected chi connectivity index (χ4v) is 3.08. The van der Waals surface area contributed by atoms with Crippen molar-refractivity contribution in [1.82, 2.24) is 0 Å². The van der Waals surface area contributed by atoms with Gasteiger partial charge in [0.15, 0.2) is 0 Å². The highest BCUT2D eigenvalue weighted by Gasteiger charge is 2.12. The molecule has 0 amide bonds. The molecule has 2 aromatic carbocycles. The lowest BCUT2D eigenvalue weighted by molar-refractivity contribution is 0.414. The Morgan fingerprint density at radius 1 is 1.14 bits per heavy atom. The van der Waals surface area contributed by atoms with Gasteiger partial charge in [0.1, 0.15) is 5.75 Å². The molecule has 2 rings (SSSR count). The Bertz CT molecular complexity index is 586. The normalized spacial score (nSPS) is 12.2. The van der Waals surface area contributed by atoms with Crippen LogP contribution in [-0.4, -0.2) is 13.7 Å². The lowest BCUT2D eigenvalue weighted by Crippen LogP contribution is -2.19. The van der Waals surface area contributed by atoms with Crippen LogP contribution in [0.25, 0.3) is 0 Å². The molecule has 2 N–H and O–H groups in total. The molecule has 0 heterocycles. The summed E-state index contributed by atoms with van der Waals surface area (Å²) in [6, 6.07) is 14.1. The minimum absolute atomic E-state index is 0.372. The van der Waals surface area contributed by atoms with E-state index < -0.39 is 0 Å². The summed E-state index contributed by atoms with van der Waals surface area (Å²) in [5.41, 5.74) is 8.33. The second-order valence-electron chi connectivity index (χ2n) is 5.09. The summed E-state index contributed by atoms with van der Waals surface area (Å²) in [7, 11) is 1.67. The Morgan fingerprint density at radius 2 is 1.86 bits per heavy atom. The molecule has 0 aromatic heterocycles. The molecule has 0 spiro atoms. The van der Waals surface area contributed by atoms with Crippen LogP contribution in [0.4, 0.5) is 0 Å². The zero-order chi connectivity index (χ0) is 15.2. The molecule has 0 saturated carbocycles. The zero-order valence-corrected chi connectivity index (χ0v) is 14.3. The van der Waals surface area contributed by atoms with Gasteiger partial charge in [0.2, 0.25) is 0 Å². The number of nitrogens with two attached hydrogens (primary N) is 1. The molecule has 112 valence electrons. The SMILES string of the molecule is COc1ccc(CC(CN)Cc2ccc(Br)cc2Cl)cc1. The fraction of sp³-hybridized carbons (Fsp3) is 0.294. The van der Waals surface area contributed by atoms with E-state index in [9.17, 15) is 0 Å². The molecule has 0 fully saturated rings. The Balaban J connectivity index is 2.05. The molecule has 1 atom stereocenters. The van der Waals surface area contributed by atoms with Gasteiger partial charge < -0.3 is 10.5 Å². The van der Waals surface area contributed by atoms with E-state index in [-0.39, 0.29) is 0 Å². The van der Waals surface area contributed by atoms with E-state index in [0.717, 1.165) is 33.6 Å². The molecule has 1 unspecified atom stereocenters. The van der Waals surface area contributed by atoms with E-state index in [4.69, 9.17) is 22.1 Å². The highest BCUT2D eigenvalue weighted by molar-refractivity contribution is 9.10. The van der Waals surface area contributed by atoms with Gasteiger partial charge in [0.05, 0.1) is 7.11 Å². The van der Waals surface area contributed by atoms with Crippen LogP contribution >= 0.6 is 27.5 Å². The Kier molecular flexibility index (Phi) is 6.09. The standard InChI is InChI=1S/C17H19BrClNO/c1-21-16-6-2-12(3-7-16)8-13(11-20)9-14-4-5-15(18)10-17(14)19/h2-7,10,13H,8-9,11,20H2,1H3. The maximum absolute atomic E-state index is 6.29. The summed E-state index contributed by atoms with van der Waals surface area (Å²) in [6.45, 7) is 0.637. The number of hydrogen-bond acceptors (Lipinski definition) is 2. The predicted molar refractivity (Wildman–Crippen MR) is 92.1 cm³/mol. The van der Waals surface area contributed by atoms with Gasteiger partial charge in [-0.15, -0.1) is 0 Å². The average Bonchev–Trinajstić information content (AvgIpc) is 2.49. The molecular formula is C17H19BrClNO. The van der Waals surface area contributed by atoms with Gasteiger partial charge in [0, 0.05) is 9.50 Å². The third kappa shape index (κ3) is 4.73. The van der Waals surface area contributed by atoms with Crippen molar-refractivity contribution in [3.8, 4) is 5.75 Å². The summed E-state index contributed by atoms with van der Waals surface area (Å²) in [4.78, 5) is 0. The first-order chi connectivity index (χ1) is 10.1. The van der Waals surface area contributed by atoms with Crippen LogP contribution in [0.15, 0.2) is 46.9 Å². The summed E-state index contributed by atoms with van der Waals surface area (Å²) in [6.07, 6.45) is 1.82. The first kappa shape index (κ1) is 16.3. The summed E-state index contributed by atoms with van der Waals surface area (Å²) < 4.78 is 6.17. The van der Waals surface area contributed by atoms with Crippen molar-refractivity contribution in [2.45, 2.75) is 12.8 Å². The Morgan fingerprint density at radius 3 is 2.43 bits per heavy atom. The number of hydrogen-bond donors (Lipinski definition) is 1. The maximum atomic E-state index is 6.29. The van der Waals surface area contributed by atoms with Gasteiger partial charge >= 0.3 is 0 Å². The molecule has 21 heavy (non-hydrogen) atoms. The minimum Gasteiger partial charge on any atom is -0.497 e. The smallest absolute Gasteiger partial charge is 0.118 e. The molecular weight excluding hydrogens is 350 g/mol. The minimum atomic E-state index is 0.372. The molecule has 2 nitrogen and oxygen atoms in total. The van der Waals surface area contributed by atoms with E-state index in [0.29, 0.717) is 12.5 Å². The summed E-state index contributed by atoms with van der Waals surface area (Å²) in [5.74, 6) is 1.25. The molecule has 0 radical (unpaired) electrons. The zero-order valence-electron chi connectivity index (χ0n) is 12.0. The molecule has 0 aliphatic carbocycles. The third-order valence-corrected chi connectivity index (χ3v) is 4.39. The molecule has 0 bridgehead atoms. The predicted octanol–water partition coefficient (Wildman–Crippen LogP) is 4.47. The van der Waals surface area contributed by atoms with Crippen LogP contribution < -0.4 is 10.5 Å². The first-order valence-corrected chi connectivity index (χ1v) is 8.06. The van der Waals surface area contributed by atoms with Crippen LogP contribution in [-0.2, 0) is 12.8 Å². The van der Waals surface area contributed by atoms with Gasteiger partial charge in [-0.25, -0.2) is 0 Å². The van der Waals surface area contributed by atoms with Gasteiger partial charge in [-0.3, -0.25) is 0 Å². The van der Waals surface area contributed by atoms with Gasteiger partial charge in [-0.2, -0.15) is 0 Å². The average molecular weight is 369 g/mol. The number of benzene rings is 2. The largest absolute Gasteiger partial charge is 0.497 e. The van der Waals surface area contributed by atoms with E-state index in [1.165, 1.54) is 5.56 Å². The Hall–Kier alpha value is -1.03. The third-order valence-electron chi connectivity index (χ3n) is 3.54. The molecule has 0 aliphatic rings. The van der Waals surface area contributed by atoms with Crippen LogP contribution in [0.2, 0.25) is 5.02 Å². The quantitative estimate of drug-likeness (QED) is 0.816. The Labute approximate surface area is 139 Å². The van der Waals surface area contributed by atoms with Crippen LogP contribution in [0.5, 0.6) is 5.75 Å². The van der Waals surface area contributed by atoms with E-state index in [2.05, 4.69) is 34.1 Å². The van der Waals surface area contributed by atoms with E-state index >= 15 is 0 Å². The second-order valence-corrected chi connectivity index (χ2v) is 6.42. The monoisotopic (exact) mass is 367 g/mol. The molecule has 0 saturated heterocycles. The number of methoxy groups -OCH3 is 1. The number of rotatable bonds is 6. The molecule has 0 aliphatic heterocycles. The van der Waals surface area contributed by atoms with E-state index in [1.807, 2.05) is 24.3 Å². The highest BCUT2D eigenvalue weighted by Crippen LogP contribution is 2.25. The van der Waals surface area contributed by atoms with Crippen molar-refractivity contribution >= 4 is 27.5 Å². The van der Waals surface area contributed by atoms with Crippen molar-refractivity contribution in [2.75, 3.05) is 13.7 Å². The number of halogens is 2. The lowest BCUT2D eigenvalue weighted by Gasteiger charge is -2.16. The van der Waals surface area contributed by atoms with Crippen LogP contribution in [0.1, 0.15) is 11.1 Å². The van der Waals surface area contributed by atoms with Crippen molar-refractivity contribution in [1.29, 1.82) is 0 Å². The van der Waals surface area contributed by atoms with Crippen LogP contribution in [0, 0.1) is 5.92 Å². The lowest BCUT2D eigenvalue weighted by atomic mass is 9.92. The van der Waals surface area contributed by atoms with Crippen molar-refractivity contribution in [3.05, 3.63) is 63.1 Å². The summed E-state index contributed by atoms with van der Waals surface area (Å²) >= 11 is 9.71. The van der Waals surface area contributed by atoms with Crippen molar-refractivity contribution in [3.63, 3.8) is 0 Å². The van der Waals surface area contributed by atoms with Gasteiger partial charge in [-0.1, -0.05) is 45.7 Å². The van der Waals surface area contributed by atoms with Gasteiger partial charge in [0.25, 0.3) is 0 Å². The van der Waals surface area contributed by atoms with E-state index in [1.54, 1.807) is 7.11 Å². The van der Waals surface area contributed by atoms with Crippen molar-refractivity contribution < 1.29 is 4.74 Å². The fourth-order valence-electron chi connectivity index (χ4n) is 2.33. The highest BCUT2D eigenvalue weighted by atomic mass is 79.9. The topological polar surface area (TPSA) is 35.2 Å². The summed E-state index contributed by atoms with van der Waals surface area (Å²) in [5, 5.41) is 0.789.